The number of nitrogens with zero attached hydrogens (tertiary/aromatic N) is 5. The van der Waals surface area contributed by atoms with Gasteiger partial charge in [0.15, 0.2) is 6.39 Å². The minimum atomic E-state index is -0.130. The highest BCUT2D eigenvalue weighted by Crippen LogP contribution is 2.28. The van der Waals surface area contributed by atoms with Crippen LogP contribution in [0, 0.1) is 6.92 Å². The van der Waals surface area contributed by atoms with Crippen molar-refractivity contribution >= 4 is 17.5 Å². The van der Waals surface area contributed by atoms with Crippen molar-refractivity contribution in [3.63, 3.8) is 0 Å². The average Bonchev–Trinajstić information content (AvgIpc) is 3.23. The van der Waals surface area contributed by atoms with Gasteiger partial charge in [-0.15, -0.1) is 0 Å². The van der Waals surface area contributed by atoms with Crippen LogP contribution in [0.1, 0.15) is 40.8 Å². The molecule has 1 fully saturated rings. The van der Waals surface area contributed by atoms with Crippen LogP contribution in [0.2, 0.25) is 0 Å². The molecule has 1 atom stereocenters. The SMILES string of the molecule is Cc1nc(Nc2ccccn2)cc([C@H]2CCCN(C(=O)c3cnco3)C2)n1. The minimum Gasteiger partial charge on any atom is -0.438 e. The zero-order chi connectivity index (χ0) is 18.6. The lowest BCUT2D eigenvalue weighted by molar-refractivity contribution is 0.0673. The van der Waals surface area contributed by atoms with Crippen LogP contribution in [0.5, 0.6) is 0 Å². The highest BCUT2D eigenvalue weighted by Gasteiger charge is 2.28. The number of nitrogens with one attached hydrogen (secondary N) is 1. The van der Waals surface area contributed by atoms with Crippen LogP contribution in [-0.4, -0.2) is 43.8 Å². The molecule has 3 aromatic rings. The van der Waals surface area contributed by atoms with E-state index in [1.807, 2.05) is 31.2 Å². The Balaban J connectivity index is 1.53. The summed E-state index contributed by atoms with van der Waals surface area (Å²) in [5.41, 5.74) is 0.927. The first-order chi connectivity index (χ1) is 13.2. The van der Waals surface area contributed by atoms with Gasteiger partial charge in [0.1, 0.15) is 17.5 Å². The molecule has 27 heavy (non-hydrogen) atoms. The van der Waals surface area contributed by atoms with Crippen LogP contribution >= 0.6 is 0 Å². The fourth-order valence-corrected chi connectivity index (χ4v) is 3.31. The first-order valence-electron chi connectivity index (χ1n) is 8.90. The van der Waals surface area contributed by atoms with Crippen LogP contribution in [0.4, 0.5) is 11.6 Å². The summed E-state index contributed by atoms with van der Waals surface area (Å²) in [6.45, 7) is 3.17. The standard InChI is InChI=1S/C19H20N6O2/c1-13-22-15(9-18(23-13)24-17-6-2-3-7-21-17)14-5-4-8-25(11-14)19(26)16-10-20-12-27-16/h2-3,6-7,9-10,12,14H,4-5,8,11H2,1H3,(H,21,22,23,24)/t14-/m0/s1. The smallest absolute Gasteiger partial charge is 0.291 e. The first-order valence-corrected chi connectivity index (χ1v) is 8.90. The van der Waals surface area contributed by atoms with Crippen molar-refractivity contribution in [2.24, 2.45) is 0 Å². The van der Waals surface area contributed by atoms with Gasteiger partial charge in [0.05, 0.1) is 11.9 Å². The van der Waals surface area contributed by atoms with Gasteiger partial charge in [0.25, 0.3) is 5.91 Å². The number of aryl methyl sites for hydroxylation is 1. The summed E-state index contributed by atoms with van der Waals surface area (Å²) >= 11 is 0. The summed E-state index contributed by atoms with van der Waals surface area (Å²) in [5, 5.41) is 3.21. The second-order valence-electron chi connectivity index (χ2n) is 6.52. The van der Waals surface area contributed by atoms with Crippen molar-refractivity contribution in [3.05, 3.63) is 60.3 Å². The molecule has 8 nitrogen and oxygen atoms in total. The Labute approximate surface area is 156 Å². The third kappa shape index (κ3) is 3.94. The highest BCUT2D eigenvalue weighted by atomic mass is 16.3. The number of oxazole rings is 1. The van der Waals surface area contributed by atoms with E-state index in [0.29, 0.717) is 24.7 Å². The van der Waals surface area contributed by atoms with Crippen LogP contribution in [0.25, 0.3) is 0 Å². The van der Waals surface area contributed by atoms with Crippen molar-refractivity contribution in [1.29, 1.82) is 0 Å². The molecule has 4 rings (SSSR count). The molecule has 1 aliphatic rings. The summed E-state index contributed by atoms with van der Waals surface area (Å²) in [7, 11) is 0. The van der Waals surface area contributed by atoms with Crippen LogP contribution < -0.4 is 5.32 Å². The second-order valence-corrected chi connectivity index (χ2v) is 6.52. The normalized spacial score (nSPS) is 16.9. The van der Waals surface area contributed by atoms with Gasteiger partial charge in [-0.3, -0.25) is 4.79 Å². The summed E-state index contributed by atoms with van der Waals surface area (Å²) in [6, 6.07) is 7.60. The van der Waals surface area contributed by atoms with Gasteiger partial charge in [-0.05, 0) is 31.9 Å². The number of aromatic nitrogens is 4. The molecule has 0 spiro atoms. The molecule has 0 unspecified atom stereocenters. The maximum atomic E-state index is 12.6. The first kappa shape index (κ1) is 17.1. The molecule has 3 aromatic heterocycles. The largest absolute Gasteiger partial charge is 0.438 e. The van der Waals surface area contributed by atoms with Gasteiger partial charge < -0.3 is 14.6 Å². The van der Waals surface area contributed by atoms with E-state index >= 15 is 0 Å². The van der Waals surface area contributed by atoms with E-state index in [1.54, 1.807) is 11.1 Å². The fraction of sp³-hybridized carbons (Fsp3) is 0.316. The van der Waals surface area contributed by atoms with Crippen molar-refractivity contribution in [3.8, 4) is 0 Å². The van der Waals surface area contributed by atoms with E-state index in [2.05, 4.69) is 25.3 Å². The molecule has 0 aliphatic carbocycles. The average molecular weight is 364 g/mol. The maximum Gasteiger partial charge on any atom is 0.291 e. The van der Waals surface area contributed by atoms with E-state index in [1.165, 1.54) is 12.6 Å². The molecular formula is C19H20N6O2. The van der Waals surface area contributed by atoms with Crippen LogP contribution in [0.15, 0.2) is 47.5 Å². The number of likely N-dealkylation sites (tertiary alicyclic amines) is 1. The number of anilines is 2. The lowest BCUT2D eigenvalue weighted by atomic mass is 9.94. The summed E-state index contributed by atoms with van der Waals surface area (Å²) in [4.78, 5) is 31.5. The fourth-order valence-electron chi connectivity index (χ4n) is 3.31. The number of piperidine rings is 1. The molecule has 1 N–H and O–H groups in total. The number of rotatable bonds is 4. The molecule has 0 aromatic carbocycles. The summed E-state index contributed by atoms with van der Waals surface area (Å²) < 4.78 is 5.15. The number of amides is 1. The van der Waals surface area contributed by atoms with E-state index in [4.69, 9.17) is 4.42 Å². The molecule has 4 heterocycles. The van der Waals surface area contributed by atoms with Crippen LogP contribution in [0.3, 0.4) is 0 Å². The highest BCUT2D eigenvalue weighted by molar-refractivity contribution is 5.91. The predicted octanol–water partition coefficient (Wildman–Crippen LogP) is 2.93. The van der Waals surface area contributed by atoms with Crippen molar-refractivity contribution in [1.82, 2.24) is 24.8 Å². The van der Waals surface area contributed by atoms with Crippen molar-refractivity contribution < 1.29 is 9.21 Å². The molecule has 0 radical (unpaired) electrons. The van der Waals surface area contributed by atoms with Crippen molar-refractivity contribution in [2.45, 2.75) is 25.7 Å². The van der Waals surface area contributed by atoms with Gasteiger partial charge >= 0.3 is 0 Å². The third-order valence-corrected chi connectivity index (χ3v) is 4.55. The molecule has 8 heteroatoms. The zero-order valence-corrected chi connectivity index (χ0v) is 15.0. The van der Waals surface area contributed by atoms with E-state index in [-0.39, 0.29) is 17.6 Å². The van der Waals surface area contributed by atoms with Gasteiger partial charge in [0, 0.05) is 31.3 Å². The summed E-state index contributed by atoms with van der Waals surface area (Å²) in [5.74, 6) is 2.41. The van der Waals surface area contributed by atoms with Gasteiger partial charge in [0.2, 0.25) is 5.76 Å². The van der Waals surface area contributed by atoms with Crippen molar-refractivity contribution in [2.75, 3.05) is 18.4 Å². The molecule has 1 amide bonds. The number of carbonyl (C=O) groups is 1. The topological polar surface area (TPSA) is 97.0 Å². The monoisotopic (exact) mass is 364 g/mol. The maximum absolute atomic E-state index is 12.6. The van der Waals surface area contributed by atoms with Gasteiger partial charge in [-0.25, -0.2) is 19.9 Å². The number of hydrogen-bond acceptors (Lipinski definition) is 7. The molecule has 0 saturated carbocycles. The molecule has 1 saturated heterocycles. The zero-order valence-electron chi connectivity index (χ0n) is 15.0. The Bertz CT molecular complexity index is 913. The van der Waals surface area contributed by atoms with Gasteiger partial charge in [-0.1, -0.05) is 6.07 Å². The lowest BCUT2D eigenvalue weighted by Gasteiger charge is -2.32. The molecule has 1 aliphatic heterocycles. The summed E-state index contributed by atoms with van der Waals surface area (Å²) in [6.07, 6.45) is 6.34. The second kappa shape index (κ2) is 7.53. The number of carbonyl (C=O) groups excluding carboxylic acids is 1. The molecular weight excluding hydrogens is 344 g/mol. The Kier molecular flexibility index (Phi) is 4.78. The predicted molar refractivity (Wildman–Crippen MR) is 98.7 cm³/mol. The number of hydrogen-bond donors (Lipinski definition) is 1. The molecule has 138 valence electrons. The van der Waals surface area contributed by atoms with Crippen LogP contribution in [-0.2, 0) is 0 Å². The number of pyridine rings is 1. The third-order valence-electron chi connectivity index (χ3n) is 4.55. The Morgan fingerprint density at radius 2 is 2.22 bits per heavy atom. The lowest BCUT2D eigenvalue weighted by Crippen LogP contribution is -2.39. The van der Waals surface area contributed by atoms with E-state index in [0.717, 1.165) is 24.4 Å². The Morgan fingerprint density at radius 3 is 3.00 bits per heavy atom. The minimum absolute atomic E-state index is 0.130. The van der Waals surface area contributed by atoms with Gasteiger partial charge in [-0.2, -0.15) is 0 Å². The van der Waals surface area contributed by atoms with E-state index in [9.17, 15) is 4.79 Å². The van der Waals surface area contributed by atoms with E-state index < -0.39 is 0 Å². The molecule has 0 bridgehead atoms. The Hall–Kier alpha value is -3.29. The Morgan fingerprint density at radius 1 is 1.30 bits per heavy atom. The quantitative estimate of drug-likeness (QED) is 0.760.